The van der Waals surface area contributed by atoms with E-state index in [0.29, 0.717) is 18.5 Å². The second-order valence-electron chi connectivity index (χ2n) is 7.56. The molecule has 142 valence electrons. The molecule has 1 amide bonds. The second-order valence-corrected chi connectivity index (χ2v) is 7.56. The predicted molar refractivity (Wildman–Crippen MR) is 103 cm³/mol. The smallest absolute Gasteiger partial charge is 0.225 e. The van der Waals surface area contributed by atoms with Gasteiger partial charge in [0.1, 0.15) is 5.82 Å². The van der Waals surface area contributed by atoms with Crippen molar-refractivity contribution in [3.8, 4) is 11.1 Å². The van der Waals surface area contributed by atoms with Gasteiger partial charge in [-0.2, -0.15) is 0 Å². The summed E-state index contributed by atoms with van der Waals surface area (Å²) in [4.78, 5) is 23.6. The Kier molecular flexibility index (Phi) is 5.32. The molecule has 5 nitrogen and oxygen atoms in total. The van der Waals surface area contributed by atoms with E-state index in [4.69, 9.17) is 0 Å². The molecule has 2 aromatic rings. The number of halogens is 1. The van der Waals surface area contributed by atoms with Gasteiger partial charge in [0, 0.05) is 37.1 Å². The molecule has 1 saturated heterocycles. The molecule has 0 radical (unpaired) electrons. The first-order valence-corrected chi connectivity index (χ1v) is 9.82. The Hall–Kier alpha value is -2.50. The molecule has 0 spiro atoms. The van der Waals surface area contributed by atoms with Crippen molar-refractivity contribution in [2.24, 2.45) is 5.92 Å². The standard InChI is InChI=1S/C21H25FN4O/c22-18-7-3-5-15(11-18)17-12-23-21(24-13-17)26-10-4-6-16(14-26)20(27)25-19-8-1-2-9-19/h3,5,7,11-13,16,19H,1-2,4,6,8-10,14H2,(H,25,27). The average Bonchev–Trinajstić information content (AvgIpc) is 3.21. The monoisotopic (exact) mass is 368 g/mol. The molecule has 2 fully saturated rings. The van der Waals surface area contributed by atoms with Gasteiger partial charge in [-0.25, -0.2) is 14.4 Å². The van der Waals surface area contributed by atoms with E-state index in [1.807, 2.05) is 6.07 Å². The molecule has 1 unspecified atom stereocenters. The van der Waals surface area contributed by atoms with Crippen molar-refractivity contribution in [2.75, 3.05) is 18.0 Å². The van der Waals surface area contributed by atoms with Crippen molar-refractivity contribution >= 4 is 11.9 Å². The molecule has 1 saturated carbocycles. The summed E-state index contributed by atoms with van der Waals surface area (Å²) in [5.41, 5.74) is 1.54. The zero-order valence-electron chi connectivity index (χ0n) is 15.4. The van der Waals surface area contributed by atoms with Gasteiger partial charge in [-0.3, -0.25) is 4.79 Å². The highest BCUT2D eigenvalue weighted by Crippen LogP contribution is 2.24. The van der Waals surface area contributed by atoms with E-state index in [0.717, 1.165) is 43.4 Å². The summed E-state index contributed by atoms with van der Waals surface area (Å²) in [6.07, 6.45) is 9.95. The van der Waals surface area contributed by atoms with Crippen LogP contribution in [-0.4, -0.2) is 35.0 Å². The fourth-order valence-corrected chi connectivity index (χ4v) is 4.06. The largest absolute Gasteiger partial charge is 0.353 e. The number of hydrogen-bond acceptors (Lipinski definition) is 4. The van der Waals surface area contributed by atoms with Crippen LogP contribution in [0, 0.1) is 11.7 Å². The van der Waals surface area contributed by atoms with Gasteiger partial charge in [-0.05, 0) is 43.4 Å². The maximum Gasteiger partial charge on any atom is 0.225 e. The summed E-state index contributed by atoms with van der Waals surface area (Å²) < 4.78 is 13.4. The molecule has 4 rings (SSSR count). The van der Waals surface area contributed by atoms with Crippen LogP contribution in [0.3, 0.4) is 0 Å². The Labute approximate surface area is 159 Å². The van der Waals surface area contributed by atoms with Crippen molar-refractivity contribution < 1.29 is 9.18 Å². The van der Waals surface area contributed by atoms with Crippen LogP contribution in [0.4, 0.5) is 10.3 Å². The molecule has 27 heavy (non-hydrogen) atoms. The van der Waals surface area contributed by atoms with Crippen molar-refractivity contribution in [1.82, 2.24) is 15.3 Å². The number of carbonyl (C=O) groups excluding carboxylic acids is 1. The molecule has 1 aromatic heterocycles. The molecule has 0 bridgehead atoms. The van der Waals surface area contributed by atoms with Crippen LogP contribution in [0.15, 0.2) is 36.7 Å². The minimum atomic E-state index is -0.274. The molecule has 1 aromatic carbocycles. The molecule has 1 N–H and O–H groups in total. The first kappa shape index (κ1) is 17.9. The van der Waals surface area contributed by atoms with Crippen molar-refractivity contribution in [2.45, 2.75) is 44.6 Å². The van der Waals surface area contributed by atoms with Gasteiger partial charge in [-0.1, -0.05) is 25.0 Å². The minimum absolute atomic E-state index is 0.00848. The van der Waals surface area contributed by atoms with E-state index in [1.165, 1.54) is 25.0 Å². The number of amides is 1. The second kappa shape index (κ2) is 8.03. The third-order valence-electron chi connectivity index (χ3n) is 5.57. The number of carbonyl (C=O) groups is 1. The van der Waals surface area contributed by atoms with Crippen molar-refractivity contribution in [3.05, 3.63) is 42.5 Å². The number of aromatic nitrogens is 2. The van der Waals surface area contributed by atoms with Crippen molar-refractivity contribution in [1.29, 1.82) is 0 Å². The zero-order valence-corrected chi connectivity index (χ0v) is 15.4. The predicted octanol–water partition coefficient (Wildman–Crippen LogP) is 3.56. The van der Waals surface area contributed by atoms with E-state index >= 15 is 0 Å². The van der Waals surface area contributed by atoms with E-state index in [9.17, 15) is 9.18 Å². The van der Waals surface area contributed by atoms with Crippen LogP contribution < -0.4 is 10.2 Å². The average molecular weight is 368 g/mol. The number of nitrogens with zero attached hydrogens (tertiary/aromatic N) is 3. The van der Waals surface area contributed by atoms with E-state index in [1.54, 1.807) is 18.5 Å². The third kappa shape index (κ3) is 4.26. The first-order valence-electron chi connectivity index (χ1n) is 9.82. The van der Waals surface area contributed by atoms with Gasteiger partial charge < -0.3 is 10.2 Å². The fraction of sp³-hybridized carbons (Fsp3) is 0.476. The van der Waals surface area contributed by atoms with Gasteiger partial charge in [0.2, 0.25) is 11.9 Å². The zero-order chi connectivity index (χ0) is 18.6. The number of piperidine rings is 1. The number of nitrogens with one attached hydrogen (secondary N) is 1. The minimum Gasteiger partial charge on any atom is -0.353 e. The van der Waals surface area contributed by atoms with Crippen LogP contribution in [-0.2, 0) is 4.79 Å². The third-order valence-corrected chi connectivity index (χ3v) is 5.57. The molecular formula is C21H25FN4O. The summed E-state index contributed by atoms with van der Waals surface area (Å²) in [5, 5.41) is 3.21. The molecule has 2 aliphatic rings. The topological polar surface area (TPSA) is 58.1 Å². The van der Waals surface area contributed by atoms with Gasteiger partial charge >= 0.3 is 0 Å². The lowest BCUT2D eigenvalue weighted by Crippen LogP contribution is -2.45. The maximum atomic E-state index is 13.4. The highest BCUT2D eigenvalue weighted by molar-refractivity contribution is 5.79. The van der Waals surface area contributed by atoms with Crippen molar-refractivity contribution in [3.63, 3.8) is 0 Å². The highest BCUT2D eigenvalue weighted by Gasteiger charge is 2.29. The Morgan fingerprint density at radius 2 is 1.85 bits per heavy atom. The number of rotatable bonds is 4. The Balaban J connectivity index is 1.41. The van der Waals surface area contributed by atoms with Gasteiger partial charge in [0.05, 0.1) is 5.92 Å². The van der Waals surface area contributed by atoms with Crippen LogP contribution in [0.2, 0.25) is 0 Å². The SMILES string of the molecule is O=C(NC1CCCC1)C1CCCN(c2ncc(-c3cccc(F)c3)cn2)C1. The summed E-state index contributed by atoms with van der Waals surface area (Å²) in [5.74, 6) is 0.520. The number of benzene rings is 1. The summed E-state index contributed by atoms with van der Waals surface area (Å²) in [6, 6.07) is 6.77. The molecular weight excluding hydrogens is 343 g/mol. The summed E-state index contributed by atoms with van der Waals surface area (Å²) in [6.45, 7) is 1.50. The number of anilines is 1. The normalized spacial score (nSPS) is 20.6. The molecule has 1 atom stereocenters. The molecule has 1 aliphatic carbocycles. The lowest BCUT2D eigenvalue weighted by molar-refractivity contribution is -0.125. The van der Waals surface area contributed by atoms with Crippen LogP contribution in [0.25, 0.3) is 11.1 Å². The maximum absolute atomic E-state index is 13.4. The van der Waals surface area contributed by atoms with E-state index < -0.39 is 0 Å². The Morgan fingerprint density at radius 3 is 2.59 bits per heavy atom. The Morgan fingerprint density at radius 1 is 1.07 bits per heavy atom. The fourth-order valence-electron chi connectivity index (χ4n) is 4.06. The molecule has 2 heterocycles. The lowest BCUT2D eigenvalue weighted by atomic mass is 9.97. The first-order chi connectivity index (χ1) is 13.2. The Bertz CT molecular complexity index is 789. The van der Waals surface area contributed by atoms with E-state index in [2.05, 4.69) is 20.2 Å². The molecule has 6 heteroatoms. The van der Waals surface area contributed by atoms with Gasteiger partial charge in [-0.15, -0.1) is 0 Å². The quantitative estimate of drug-likeness (QED) is 0.897. The summed E-state index contributed by atoms with van der Waals surface area (Å²) >= 11 is 0. The molecule has 1 aliphatic heterocycles. The van der Waals surface area contributed by atoms with Gasteiger partial charge in [0.15, 0.2) is 0 Å². The summed E-state index contributed by atoms with van der Waals surface area (Å²) in [7, 11) is 0. The number of hydrogen-bond donors (Lipinski definition) is 1. The van der Waals surface area contributed by atoms with E-state index in [-0.39, 0.29) is 17.6 Å². The van der Waals surface area contributed by atoms with Gasteiger partial charge in [0.25, 0.3) is 0 Å². The highest BCUT2D eigenvalue weighted by atomic mass is 19.1. The van der Waals surface area contributed by atoms with Crippen LogP contribution in [0.5, 0.6) is 0 Å². The van der Waals surface area contributed by atoms with Crippen LogP contribution >= 0.6 is 0 Å². The van der Waals surface area contributed by atoms with Crippen LogP contribution in [0.1, 0.15) is 38.5 Å². The lowest BCUT2D eigenvalue weighted by Gasteiger charge is -2.32.